The summed E-state index contributed by atoms with van der Waals surface area (Å²) in [6.07, 6.45) is 36.1. The van der Waals surface area contributed by atoms with E-state index in [0.717, 1.165) is 103 Å². The molecule has 4 fully saturated rings. The Labute approximate surface area is 291 Å². The normalized spacial score (nSPS) is 19.8. The first-order chi connectivity index (χ1) is 23.0. The van der Waals surface area contributed by atoms with Crippen LogP contribution in [-0.4, -0.2) is 34.0 Å². The monoisotopic (exact) mass is 675 g/mol. The number of carbonyl (C=O) groups is 4. The maximum absolute atomic E-state index is 11.3. The second-order valence-electron chi connectivity index (χ2n) is 16.5. The van der Waals surface area contributed by atoms with Crippen molar-refractivity contribution in [2.24, 2.45) is 33.1 Å². The van der Waals surface area contributed by atoms with Crippen LogP contribution >= 0.6 is 0 Å². The van der Waals surface area contributed by atoms with E-state index in [1.165, 1.54) is 103 Å². The molecule has 4 aliphatic rings. The molecule has 0 aromatic heterocycles. The van der Waals surface area contributed by atoms with Gasteiger partial charge in [-0.25, -0.2) is 0 Å². The average Bonchev–Trinajstić information content (AvgIpc) is 3.87. The number of aliphatic carboxylic acids is 2. The van der Waals surface area contributed by atoms with Gasteiger partial charge in [-0.3, -0.25) is 19.2 Å². The van der Waals surface area contributed by atoms with E-state index in [1.54, 1.807) is 0 Å². The van der Waals surface area contributed by atoms with E-state index in [2.05, 4.69) is 0 Å². The molecule has 0 heterocycles. The summed E-state index contributed by atoms with van der Waals surface area (Å²) < 4.78 is 0. The molecule has 0 spiro atoms. The SMILES string of the molecule is NC(=O)C1(CCCCCCCCCCCCC2(C(N)=O)CC2)CC1.O=C(O)C1(CCCCCCCCCCCCC2(C(=O)O)CC2)CC1. The van der Waals surface area contributed by atoms with Gasteiger partial charge in [0.05, 0.1) is 10.8 Å². The second-order valence-corrected chi connectivity index (χ2v) is 16.5. The lowest BCUT2D eigenvalue weighted by Gasteiger charge is -2.10. The fourth-order valence-electron chi connectivity index (χ4n) is 7.67. The lowest BCUT2D eigenvalue weighted by atomic mass is 9.96. The molecule has 0 aromatic rings. The largest absolute Gasteiger partial charge is 0.481 e. The number of unbranched alkanes of at least 4 members (excludes halogenated alkanes) is 18. The Morgan fingerprint density at radius 2 is 0.500 bits per heavy atom. The molecule has 4 rings (SSSR count). The van der Waals surface area contributed by atoms with E-state index in [-0.39, 0.29) is 33.5 Å². The zero-order valence-electron chi connectivity index (χ0n) is 30.3. The molecule has 0 aliphatic heterocycles. The topological polar surface area (TPSA) is 161 Å². The predicted molar refractivity (Wildman–Crippen MR) is 191 cm³/mol. The molecule has 276 valence electrons. The zero-order valence-corrected chi connectivity index (χ0v) is 30.3. The van der Waals surface area contributed by atoms with Crippen LogP contribution in [0.5, 0.6) is 0 Å². The minimum absolute atomic E-state index is 0.0778. The Kier molecular flexibility index (Phi) is 16.7. The van der Waals surface area contributed by atoms with Crippen molar-refractivity contribution in [1.29, 1.82) is 0 Å². The molecule has 0 saturated heterocycles. The van der Waals surface area contributed by atoms with Gasteiger partial charge in [-0.2, -0.15) is 0 Å². The molecule has 6 N–H and O–H groups in total. The summed E-state index contributed by atoms with van der Waals surface area (Å²) in [4.78, 5) is 44.7. The third-order valence-corrected chi connectivity index (χ3v) is 12.5. The molecule has 0 bridgehead atoms. The smallest absolute Gasteiger partial charge is 0.309 e. The Balaban J connectivity index is 0.000000260. The van der Waals surface area contributed by atoms with Crippen LogP contribution in [0, 0.1) is 21.7 Å². The molecular formula is C40H70N2O6. The van der Waals surface area contributed by atoms with Gasteiger partial charge < -0.3 is 21.7 Å². The van der Waals surface area contributed by atoms with Crippen LogP contribution in [0.3, 0.4) is 0 Å². The third kappa shape index (κ3) is 14.0. The summed E-state index contributed by atoms with van der Waals surface area (Å²) in [6.45, 7) is 0. The van der Waals surface area contributed by atoms with E-state index < -0.39 is 11.9 Å². The number of hydrogen-bond acceptors (Lipinski definition) is 4. The van der Waals surface area contributed by atoms with Crippen molar-refractivity contribution in [3.8, 4) is 0 Å². The number of rotatable bonds is 30. The van der Waals surface area contributed by atoms with Crippen LogP contribution in [0.25, 0.3) is 0 Å². The van der Waals surface area contributed by atoms with Gasteiger partial charge in [-0.15, -0.1) is 0 Å². The van der Waals surface area contributed by atoms with Crippen LogP contribution in [0.4, 0.5) is 0 Å². The standard InChI is InChI=1S/C20H36N2O2.C20H34O4/c21-17(23)19(13-14-19)11-9-7-5-3-1-2-4-6-8-10-12-20(15-16-20)18(22)24;21-17(22)19(13-14-19)11-9-7-5-3-1-2-4-6-8-10-12-20(15-16-20)18(23)24/h1-16H2,(H2,21,23)(H2,22,24);1-16H2,(H,21,22)(H,23,24). The molecule has 0 unspecified atom stereocenters. The molecule has 48 heavy (non-hydrogen) atoms. The number of nitrogens with two attached hydrogens (primary N) is 2. The number of carbonyl (C=O) groups excluding carboxylic acids is 2. The van der Waals surface area contributed by atoms with Crippen molar-refractivity contribution < 1.29 is 29.4 Å². The van der Waals surface area contributed by atoms with E-state index in [4.69, 9.17) is 21.7 Å². The zero-order chi connectivity index (χ0) is 34.9. The molecule has 0 aromatic carbocycles. The van der Waals surface area contributed by atoms with Crippen LogP contribution in [-0.2, 0) is 19.2 Å². The first kappa shape index (κ1) is 40.3. The summed E-state index contributed by atoms with van der Waals surface area (Å²) in [5.74, 6) is -1.33. The minimum atomic E-state index is -0.585. The highest BCUT2D eigenvalue weighted by Crippen LogP contribution is 2.52. The van der Waals surface area contributed by atoms with Crippen molar-refractivity contribution in [2.75, 3.05) is 0 Å². The second kappa shape index (κ2) is 19.9. The van der Waals surface area contributed by atoms with Crippen LogP contribution < -0.4 is 11.5 Å². The molecule has 4 aliphatic carbocycles. The minimum Gasteiger partial charge on any atom is -0.481 e. The molecule has 0 radical (unpaired) electrons. The maximum atomic E-state index is 11.3. The fraction of sp³-hybridized carbons (Fsp3) is 0.900. The summed E-state index contributed by atoms with van der Waals surface area (Å²) in [6, 6.07) is 0. The molecular weight excluding hydrogens is 604 g/mol. The summed E-state index contributed by atoms with van der Waals surface area (Å²) in [5.41, 5.74) is 10.0. The quantitative estimate of drug-likeness (QED) is 0.0555. The Bertz CT molecular complexity index is 849. The summed E-state index contributed by atoms with van der Waals surface area (Å²) >= 11 is 0. The number of carboxylic acids is 2. The number of amides is 2. The van der Waals surface area contributed by atoms with Gasteiger partial charge in [0.1, 0.15) is 0 Å². The van der Waals surface area contributed by atoms with Crippen molar-refractivity contribution in [2.45, 2.75) is 205 Å². The van der Waals surface area contributed by atoms with E-state index >= 15 is 0 Å². The first-order valence-corrected chi connectivity index (χ1v) is 20.1. The lowest BCUT2D eigenvalue weighted by molar-refractivity contribution is -0.144. The van der Waals surface area contributed by atoms with Gasteiger partial charge in [0, 0.05) is 10.8 Å². The number of carboxylic acid groups (broad SMARTS) is 2. The van der Waals surface area contributed by atoms with Crippen molar-refractivity contribution in [1.82, 2.24) is 0 Å². The fourth-order valence-corrected chi connectivity index (χ4v) is 7.67. The molecule has 2 amide bonds. The highest BCUT2D eigenvalue weighted by atomic mass is 16.4. The summed E-state index contributed by atoms with van der Waals surface area (Å²) in [7, 11) is 0. The van der Waals surface area contributed by atoms with Crippen molar-refractivity contribution in [3.63, 3.8) is 0 Å². The number of hydrogen-bond donors (Lipinski definition) is 4. The first-order valence-electron chi connectivity index (χ1n) is 20.1. The lowest BCUT2D eigenvalue weighted by Crippen LogP contribution is -2.24. The summed E-state index contributed by atoms with van der Waals surface area (Å²) in [5, 5.41) is 18.2. The van der Waals surface area contributed by atoms with E-state index in [9.17, 15) is 19.2 Å². The molecule has 4 saturated carbocycles. The van der Waals surface area contributed by atoms with E-state index in [0.29, 0.717) is 0 Å². The third-order valence-electron chi connectivity index (χ3n) is 12.5. The van der Waals surface area contributed by atoms with Gasteiger partial charge in [0.2, 0.25) is 11.8 Å². The Morgan fingerprint density at radius 3 is 0.646 bits per heavy atom. The van der Waals surface area contributed by atoms with Crippen LogP contribution in [0.15, 0.2) is 0 Å². The van der Waals surface area contributed by atoms with Crippen molar-refractivity contribution in [3.05, 3.63) is 0 Å². The predicted octanol–water partition coefficient (Wildman–Crippen LogP) is 9.60. The van der Waals surface area contributed by atoms with Crippen LogP contribution in [0.2, 0.25) is 0 Å². The Morgan fingerprint density at radius 1 is 0.333 bits per heavy atom. The molecule has 0 atom stereocenters. The average molecular weight is 675 g/mol. The molecule has 8 heteroatoms. The van der Waals surface area contributed by atoms with Gasteiger partial charge in [0.15, 0.2) is 0 Å². The van der Waals surface area contributed by atoms with Gasteiger partial charge in [-0.1, -0.05) is 128 Å². The highest BCUT2D eigenvalue weighted by Gasteiger charge is 2.50. The van der Waals surface area contributed by atoms with Crippen LogP contribution in [0.1, 0.15) is 205 Å². The van der Waals surface area contributed by atoms with Gasteiger partial charge in [0.25, 0.3) is 0 Å². The number of primary amides is 2. The highest BCUT2D eigenvalue weighted by molar-refractivity contribution is 5.84. The van der Waals surface area contributed by atoms with E-state index in [1.807, 2.05) is 0 Å². The van der Waals surface area contributed by atoms with Crippen molar-refractivity contribution >= 4 is 23.8 Å². The Hall–Kier alpha value is -2.12. The maximum Gasteiger partial charge on any atom is 0.309 e. The van der Waals surface area contributed by atoms with Gasteiger partial charge in [-0.05, 0) is 77.0 Å². The molecule has 8 nitrogen and oxygen atoms in total. The van der Waals surface area contributed by atoms with Gasteiger partial charge >= 0.3 is 11.9 Å².